The van der Waals surface area contributed by atoms with Gasteiger partial charge in [0.15, 0.2) is 5.65 Å². The van der Waals surface area contributed by atoms with Gasteiger partial charge >= 0.3 is 0 Å². The molecule has 0 atom stereocenters. The molecule has 1 aliphatic rings. The van der Waals surface area contributed by atoms with Crippen LogP contribution in [0.3, 0.4) is 0 Å². The summed E-state index contributed by atoms with van der Waals surface area (Å²) in [4.78, 5) is 24.3. The summed E-state index contributed by atoms with van der Waals surface area (Å²) in [5, 5.41) is 2.89. The predicted molar refractivity (Wildman–Crippen MR) is 82.9 cm³/mol. The highest BCUT2D eigenvalue weighted by Crippen LogP contribution is 2.26. The lowest BCUT2D eigenvalue weighted by Crippen LogP contribution is -2.30. The van der Waals surface area contributed by atoms with E-state index in [1.54, 1.807) is 12.4 Å². The van der Waals surface area contributed by atoms with Gasteiger partial charge in [0.2, 0.25) is 0 Å². The lowest BCUT2D eigenvalue weighted by Gasteiger charge is -2.12. The Kier molecular flexibility index (Phi) is 3.73. The number of hydrogen-bond donors (Lipinski definition) is 2. The Balaban J connectivity index is 1.99. The van der Waals surface area contributed by atoms with Crippen LogP contribution in [-0.2, 0) is 0 Å². The van der Waals surface area contributed by atoms with E-state index in [-0.39, 0.29) is 11.9 Å². The molecule has 0 aliphatic heterocycles. The highest BCUT2D eigenvalue weighted by atomic mass is 16.1. The molecule has 3 rings (SSSR count). The summed E-state index contributed by atoms with van der Waals surface area (Å²) in [6.45, 7) is 3.88. The van der Waals surface area contributed by atoms with Crippen molar-refractivity contribution in [1.82, 2.24) is 20.3 Å². The number of rotatable bonds is 3. The molecule has 5 heteroatoms. The number of amides is 1. The van der Waals surface area contributed by atoms with Gasteiger partial charge < -0.3 is 10.3 Å². The number of nitrogens with one attached hydrogen (secondary N) is 2. The van der Waals surface area contributed by atoms with Crippen molar-refractivity contribution >= 4 is 22.6 Å². The molecule has 1 aliphatic carbocycles. The molecule has 0 saturated heterocycles. The molecular weight excluding hydrogens is 264 g/mol. The van der Waals surface area contributed by atoms with E-state index in [0.29, 0.717) is 16.7 Å². The lowest BCUT2D eigenvalue weighted by atomic mass is 9.97. The fourth-order valence-corrected chi connectivity index (χ4v) is 2.63. The van der Waals surface area contributed by atoms with Gasteiger partial charge in [0.05, 0.1) is 17.5 Å². The van der Waals surface area contributed by atoms with E-state index in [1.807, 2.05) is 13.8 Å². The second kappa shape index (κ2) is 5.68. The first-order chi connectivity index (χ1) is 10.1. The van der Waals surface area contributed by atoms with Crippen molar-refractivity contribution in [1.29, 1.82) is 0 Å². The van der Waals surface area contributed by atoms with Gasteiger partial charge in [-0.1, -0.05) is 6.08 Å². The molecule has 1 amide bonds. The predicted octanol–water partition coefficient (Wildman–Crippen LogP) is 3.05. The second-order valence-corrected chi connectivity index (χ2v) is 5.76. The molecule has 5 nitrogen and oxygen atoms in total. The monoisotopic (exact) mass is 284 g/mol. The number of carbonyl (C=O) groups is 1. The molecule has 0 unspecified atom stereocenters. The number of aromatic amines is 1. The van der Waals surface area contributed by atoms with E-state index in [4.69, 9.17) is 0 Å². The summed E-state index contributed by atoms with van der Waals surface area (Å²) in [6.07, 6.45) is 10.3. The molecule has 0 saturated carbocycles. The first-order valence-electron chi connectivity index (χ1n) is 7.49. The fourth-order valence-electron chi connectivity index (χ4n) is 2.63. The number of fused-ring (bicyclic) bond motifs is 1. The molecule has 2 N–H and O–H groups in total. The van der Waals surface area contributed by atoms with Crippen molar-refractivity contribution in [3.05, 3.63) is 29.7 Å². The Bertz CT molecular complexity index is 699. The minimum absolute atomic E-state index is 0.0969. The molecular formula is C16H20N4O. The van der Waals surface area contributed by atoms with E-state index in [1.165, 1.54) is 18.4 Å². The quantitative estimate of drug-likeness (QED) is 0.910. The molecule has 0 fully saturated rings. The van der Waals surface area contributed by atoms with E-state index in [9.17, 15) is 4.79 Å². The molecule has 110 valence electrons. The zero-order valence-corrected chi connectivity index (χ0v) is 12.4. The van der Waals surface area contributed by atoms with Crippen molar-refractivity contribution in [3.63, 3.8) is 0 Å². The number of nitrogens with zero attached hydrogens (tertiary/aromatic N) is 2. The first-order valence-corrected chi connectivity index (χ1v) is 7.49. The number of H-pyrrole nitrogens is 1. The van der Waals surface area contributed by atoms with Gasteiger partial charge in [0.1, 0.15) is 5.52 Å². The number of aromatic nitrogens is 3. The van der Waals surface area contributed by atoms with Gasteiger partial charge in [-0.05, 0) is 45.1 Å². The molecule has 21 heavy (non-hydrogen) atoms. The van der Waals surface area contributed by atoms with Crippen LogP contribution in [0.25, 0.3) is 16.7 Å². The Hall–Kier alpha value is -2.17. The zero-order chi connectivity index (χ0) is 14.8. The van der Waals surface area contributed by atoms with Crippen molar-refractivity contribution in [2.45, 2.75) is 45.6 Å². The number of allylic oxidation sites excluding steroid dienone is 2. The van der Waals surface area contributed by atoms with Gasteiger partial charge in [0.25, 0.3) is 5.91 Å². The Morgan fingerprint density at radius 1 is 1.38 bits per heavy atom. The van der Waals surface area contributed by atoms with Crippen LogP contribution in [0, 0.1) is 0 Å². The van der Waals surface area contributed by atoms with E-state index in [2.05, 4.69) is 26.3 Å². The van der Waals surface area contributed by atoms with Crippen LogP contribution in [0.1, 0.15) is 55.6 Å². The first kappa shape index (κ1) is 13.8. The summed E-state index contributed by atoms with van der Waals surface area (Å²) >= 11 is 0. The van der Waals surface area contributed by atoms with Crippen LogP contribution in [0.4, 0.5) is 0 Å². The average molecular weight is 284 g/mol. The normalized spacial score (nSPS) is 15.3. The van der Waals surface area contributed by atoms with Crippen molar-refractivity contribution in [2.75, 3.05) is 0 Å². The molecule has 0 aromatic carbocycles. The van der Waals surface area contributed by atoms with Crippen LogP contribution >= 0.6 is 0 Å². The molecule has 2 aromatic heterocycles. The molecule has 0 spiro atoms. The van der Waals surface area contributed by atoms with Gasteiger partial charge in [-0.25, -0.2) is 9.97 Å². The Morgan fingerprint density at radius 2 is 2.24 bits per heavy atom. The largest absolute Gasteiger partial charge is 0.350 e. The van der Waals surface area contributed by atoms with Crippen LogP contribution in [-0.4, -0.2) is 26.9 Å². The van der Waals surface area contributed by atoms with Gasteiger partial charge in [-0.15, -0.1) is 0 Å². The summed E-state index contributed by atoms with van der Waals surface area (Å²) in [7, 11) is 0. The number of hydrogen-bond acceptors (Lipinski definition) is 3. The van der Waals surface area contributed by atoms with Gasteiger partial charge in [-0.2, -0.15) is 0 Å². The minimum Gasteiger partial charge on any atom is -0.350 e. The highest BCUT2D eigenvalue weighted by molar-refractivity contribution is 6.04. The fraction of sp³-hybridized carbons (Fsp3) is 0.438. The molecule has 2 heterocycles. The van der Waals surface area contributed by atoms with E-state index < -0.39 is 0 Å². The highest BCUT2D eigenvalue weighted by Gasteiger charge is 2.16. The third-order valence-corrected chi connectivity index (χ3v) is 3.67. The standard InChI is InChI=1S/C16H20N4O/c1-10(2)19-16(21)12-8-17-15-14(12)20-13(9-18-15)11-6-4-3-5-7-11/h6,8-10H,3-5,7H2,1-2H3,(H,17,18)(H,19,21). The van der Waals surface area contributed by atoms with Gasteiger partial charge in [-0.3, -0.25) is 4.79 Å². The number of carbonyl (C=O) groups excluding carboxylic acids is 1. The van der Waals surface area contributed by atoms with E-state index in [0.717, 1.165) is 18.5 Å². The topological polar surface area (TPSA) is 70.7 Å². The zero-order valence-electron chi connectivity index (χ0n) is 12.4. The second-order valence-electron chi connectivity index (χ2n) is 5.76. The summed E-state index contributed by atoms with van der Waals surface area (Å²) < 4.78 is 0. The van der Waals surface area contributed by atoms with Crippen LogP contribution in [0.15, 0.2) is 18.5 Å². The van der Waals surface area contributed by atoms with Crippen molar-refractivity contribution in [3.8, 4) is 0 Å². The molecule has 0 bridgehead atoms. The SMILES string of the molecule is CC(C)NC(=O)c1c[nH]c2ncc(C3=CCCCC3)nc12. The summed E-state index contributed by atoms with van der Waals surface area (Å²) in [6, 6.07) is 0.0969. The van der Waals surface area contributed by atoms with Crippen molar-refractivity contribution in [2.24, 2.45) is 0 Å². The third-order valence-electron chi connectivity index (χ3n) is 3.67. The smallest absolute Gasteiger partial charge is 0.255 e. The third kappa shape index (κ3) is 2.82. The Labute approximate surface area is 123 Å². The maximum Gasteiger partial charge on any atom is 0.255 e. The van der Waals surface area contributed by atoms with Crippen LogP contribution < -0.4 is 5.32 Å². The van der Waals surface area contributed by atoms with Crippen LogP contribution in [0.5, 0.6) is 0 Å². The average Bonchev–Trinajstić information content (AvgIpc) is 2.90. The maximum absolute atomic E-state index is 12.2. The summed E-state index contributed by atoms with van der Waals surface area (Å²) in [5.74, 6) is -0.111. The van der Waals surface area contributed by atoms with Crippen LogP contribution in [0.2, 0.25) is 0 Å². The summed E-state index contributed by atoms with van der Waals surface area (Å²) in [5.41, 5.74) is 4.00. The van der Waals surface area contributed by atoms with E-state index >= 15 is 0 Å². The Morgan fingerprint density at radius 3 is 2.95 bits per heavy atom. The van der Waals surface area contributed by atoms with Crippen molar-refractivity contribution < 1.29 is 4.79 Å². The molecule has 2 aromatic rings. The maximum atomic E-state index is 12.2. The minimum atomic E-state index is -0.111. The lowest BCUT2D eigenvalue weighted by molar-refractivity contribution is 0.0944. The molecule has 0 radical (unpaired) electrons. The van der Waals surface area contributed by atoms with Gasteiger partial charge in [0, 0.05) is 12.2 Å².